The molecule has 15 heavy (non-hydrogen) atoms. The summed E-state index contributed by atoms with van der Waals surface area (Å²) in [6.45, 7) is 3.43. The van der Waals surface area contributed by atoms with Crippen molar-refractivity contribution in [3.05, 3.63) is 27.3 Å². The van der Waals surface area contributed by atoms with Gasteiger partial charge in [0.25, 0.3) is 5.69 Å². The van der Waals surface area contributed by atoms with Gasteiger partial charge in [-0.15, -0.1) is 0 Å². The Morgan fingerprint density at radius 2 is 1.87 bits per heavy atom. The summed E-state index contributed by atoms with van der Waals surface area (Å²) in [7, 11) is 0. The van der Waals surface area contributed by atoms with E-state index in [0.29, 0.717) is 11.5 Å². The molecule has 0 spiro atoms. The molecule has 1 aromatic rings. The number of hydrogen-bond donors (Lipinski definition) is 0. The topological polar surface area (TPSA) is 61.6 Å². The highest BCUT2D eigenvalue weighted by Gasteiger charge is 2.34. The molecular formula is C9H8ClNO4. The molecule has 2 rings (SSSR count). The van der Waals surface area contributed by atoms with Crippen molar-refractivity contribution in [3.8, 4) is 11.5 Å². The fourth-order valence-corrected chi connectivity index (χ4v) is 1.60. The lowest BCUT2D eigenvalue weighted by molar-refractivity contribution is -0.384. The molecule has 6 heteroatoms. The van der Waals surface area contributed by atoms with Gasteiger partial charge in [0, 0.05) is 19.9 Å². The van der Waals surface area contributed by atoms with Crippen LogP contribution >= 0.6 is 11.6 Å². The fraction of sp³-hybridized carbons (Fsp3) is 0.333. The van der Waals surface area contributed by atoms with Gasteiger partial charge in [-0.2, -0.15) is 0 Å². The Balaban J connectivity index is 2.50. The van der Waals surface area contributed by atoms with Gasteiger partial charge in [-0.25, -0.2) is 0 Å². The number of hydrogen-bond acceptors (Lipinski definition) is 4. The average Bonchev–Trinajstić information content (AvgIpc) is 2.36. The minimum absolute atomic E-state index is 0.0417. The summed E-state index contributed by atoms with van der Waals surface area (Å²) >= 11 is 5.72. The second-order valence-corrected chi connectivity index (χ2v) is 4.02. The lowest BCUT2D eigenvalue weighted by Crippen LogP contribution is -2.29. The zero-order valence-corrected chi connectivity index (χ0v) is 8.87. The predicted octanol–water partition coefficient (Wildman–Crippen LogP) is 2.76. The number of fused-ring (bicyclic) bond motifs is 1. The highest BCUT2D eigenvalue weighted by Crippen LogP contribution is 2.44. The summed E-state index contributed by atoms with van der Waals surface area (Å²) in [6.07, 6.45) is 0. The van der Waals surface area contributed by atoms with Crippen LogP contribution in [-0.2, 0) is 0 Å². The molecule has 0 N–H and O–H groups in total. The summed E-state index contributed by atoms with van der Waals surface area (Å²) in [4.78, 5) is 10.0. The first-order valence-electron chi connectivity index (χ1n) is 4.25. The molecule has 80 valence electrons. The van der Waals surface area contributed by atoms with Crippen LogP contribution in [0.25, 0.3) is 0 Å². The van der Waals surface area contributed by atoms with E-state index in [2.05, 4.69) is 0 Å². The number of nitrogens with zero attached hydrogens (tertiary/aromatic N) is 1. The van der Waals surface area contributed by atoms with E-state index in [1.807, 2.05) is 0 Å². The van der Waals surface area contributed by atoms with E-state index >= 15 is 0 Å². The normalized spacial score (nSPS) is 16.5. The molecule has 0 aromatic heterocycles. The van der Waals surface area contributed by atoms with E-state index in [1.165, 1.54) is 12.1 Å². The van der Waals surface area contributed by atoms with Crippen LogP contribution in [-0.4, -0.2) is 10.7 Å². The number of rotatable bonds is 1. The van der Waals surface area contributed by atoms with Crippen molar-refractivity contribution < 1.29 is 14.4 Å². The number of benzene rings is 1. The van der Waals surface area contributed by atoms with Gasteiger partial charge >= 0.3 is 0 Å². The summed E-state index contributed by atoms with van der Waals surface area (Å²) in [5.41, 5.74) is -0.184. The number of nitro benzene ring substituents is 1. The van der Waals surface area contributed by atoms with E-state index in [4.69, 9.17) is 21.1 Å². The van der Waals surface area contributed by atoms with Crippen molar-refractivity contribution in [2.45, 2.75) is 19.6 Å². The quantitative estimate of drug-likeness (QED) is 0.549. The van der Waals surface area contributed by atoms with E-state index in [1.54, 1.807) is 13.8 Å². The Bertz CT molecular complexity index is 444. The van der Waals surface area contributed by atoms with Crippen LogP contribution in [0.1, 0.15) is 13.8 Å². The second kappa shape index (κ2) is 3.00. The Morgan fingerprint density at radius 1 is 1.33 bits per heavy atom. The average molecular weight is 230 g/mol. The largest absolute Gasteiger partial charge is 0.449 e. The molecule has 0 fully saturated rings. The van der Waals surface area contributed by atoms with Crippen molar-refractivity contribution in [2.75, 3.05) is 0 Å². The third-order valence-electron chi connectivity index (χ3n) is 1.92. The maximum Gasteiger partial charge on any atom is 0.291 e. The van der Waals surface area contributed by atoms with E-state index in [0.717, 1.165) is 0 Å². The van der Waals surface area contributed by atoms with Gasteiger partial charge in [0.2, 0.25) is 5.79 Å². The molecule has 0 saturated heterocycles. The van der Waals surface area contributed by atoms with Gasteiger partial charge < -0.3 is 9.47 Å². The van der Waals surface area contributed by atoms with Crippen LogP contribution in [0.5, 0.6) is 11.5 Å². The van der Waals surface area contributed by atoms with Crippen molar-refractivity contribution in [3.63, 3.8) is 0 Å². The molecular weight excluding hydrogens is 222 g/mol. The highest BCUT2D eigenvalue weighted by molar-refractivity contribution is 6.32. The fourth-order valence-electron chi connectivity index (χ4n) is 1.37. The van der Waals surface area contributed by atoms with Crippen LogP contribution in [0.4, 0.5) is 5.69 Å². The summed E-state index contributed by atoms with van der Waals surface area (Å²) in [5, 5.41) is 10.6. The standard InChI is InChI=1S/C9H8ClNO4/c1-9(2)14-7-3-5(10)6(11(12)13)4-8(7)15-9/h3-4H,1-2H3. The van der Waals surface area contributed by atoms with Gasteiger partial charge in [-0.05, 0) is 0 Å². The molecule has 1 aliphatic heterocycles. The zero-order valence-electron chi connectivity index (χ0n) is 8.11. The van der Waals surface area contributed by atoms with Gasteiger partial charge in [0.15, 0.2) is 11.5 Å². The molecule has 0 aliphatic carbocycles. The smallest absolute Gasteiger partial charge is 0.291 e. The van der Waals surface area contributed by atoms with E-state index in [9.17, 15) is 10.1 Å². The van der Waals surface area contributed by atoms with Crippen LogP contribution in [0.15, 0.2) is 12.1 Å². The summed E-state index contributed by atoms with van der Waals surface area (Å²) in [6, 6.07) is 2.66. The van der Waals surface area contributed by atoms with Crippen LogP contribution in [0, 0.1) is 10.1 Å². The lowest BCUT2D eigenvalue weighted by Gasteiger charge is -2.16. The maximum absolute atomic E-state index is 10.6. The molecule has 0 atom stereocenters. The van der Waals surface area contributed by atoms with Gasteiger partial charge in [0.05, 0.1) is 11.0 Å². The molecule has 0 saturated carbocycles. The third kappa shape index (κ3) is 1.70. The van der Waals surface area contributed by atoms with Gasteiger partial charge in [-0.1, -0.05) is 11.6 Å². The first-order valence-corrected chi connectivity index (χ1v) is 4.63. The van der Waals surface area contributed by atoms with Crippen molar-refractivity contribution >= 4 is 17.3 Å². The van der Waals surface area contributed by atoms with Gasteiger partial charge in [0.1, 0.15) is 5.02 Å². The number of ether oxygens (including phenoxy) is 2. The maximum atomic E-state index is 10.6. The summed E-state index contributed by atoms with van der Waals surface area (Å²) < 4.78 is 10.7. The first kappa shape index (κ1) is 10.0. The van der Waals surface area contributed by atoms with E-state index < -0.39 is 10.7 Å². The van der Waals surface area contributed by atoms with E-state index in [-0.39, 0.29) is 10.7 Å². The first-order chi connectivity index (χ1) is 6.89. The van der Waals surface area contributed by atoms with Crippen molar-refractivity contribution in [1.82, 2.24) is 0 Å². The second-order valence-electron chi connectivity index (χ2n) is 3.61. The molecule has 0 amide bonds. The van der Waals surface area contributed by atoms with Crippen molar-refractivity contribution in [2.24, 2.45) is 0 Å². The monoisotopic (exact) mass is 229 g/mol. The Labute approximate surface area is 90.7 Å². The lowest BCUT2D eigenvalue weighted by atomic mass is 10.3. The summed E-state index contributed by atoms with van der Waals surface area (Å²) in [5.74, 6) is -0.0346. The predicted molar refractivity (Wildman–Crippen MR) is 53.4 cm³/mol. The van der Waals surface area contributed by atoms with Crippen LogP contribution < -0.4 is 9.47 Å². The molecule has 0 bridgehead atoms. The highest BCUT2D eigenvalue weighted by atomic mass is 35.5. The number of nitro groups is 1. The molecule has 5 nitrogen and oxygen atoms in total. The van der Waals surface area contributed by atoms with Gasteiger partial charge in [-0.3, -0.25) is 10.1 Å². The van der Waals surface area contributed by atoms with Crippen LogP contribution in [0.3, 0.4) is 0 Å². The molecule has 1 aromatic carbocycles. The Morgan fingerprint density at radius 3 is 2.40 bits per heavy atom. The Hall–Kier alpha value is -1.49. The molecule has 0 radical (unpaired) electrons. The third-order valence-corrected chi connectivity index (χ3v) is 2.22. The van der Waals surface area contributed by atoms with Crippen molar-refractivity contribution in [1.29, 1.82) is 0 Å². The van der Waals surface area contributed by atoms with Crippen LogP contribution in [0.2, 0.25) is 5.02 Å². The molecule has 0 unspecified atom stereocenters. The SMILES string of the molecule is CC1(C)Oc2cc(Cl)c([N+](=O)[O-])cc2O1. The minimum atomic E-state index is -0.805. The minimum Gasteiger partial charge on any atom is -0.449 e. The molecule has 1 heterocycles. The zero-order chi connectivity index (χ0) is 11.2. The number of halogens is 1. The molecule has 1 aliphatic rings. The Kier molecular flexibility index (Phi) is 2.01.